The molecule has 2 rings (SSSR count). The van der Waals surface area contributed by atoms with Crippen molar-refractivity contribution in [2.75, 3.05) is 12.9 Å². The summed E-state index contributed by atoms with van der Waals surface area (Å²) in [6.45, 7) is -0.0790. The van der Waals surface area contributed by atoms with Crippen LogP contribution in [0.2, 0.25) is 0 Å². The van der Waals surface area contributed by atoms with Gasteiger partial charge in [-0.2, -0.15) is 8.42 Å². The molecule has 0 saturated carbocycles. The number of carbonyl (C=O) groups excluding carboxylic acids is 1. The number of amides is 1. The molecular weight excluding hydrogens is 330 g/mol. The summed E-state index contributed by atoms with van der Waals surface area (Å²) in [5, 5.41) is 2.63. The van der Waals surface area contributed by atoms with E-state index >= 15 is 0 Å². The zero-order valence-corrected chi connectivity index (χ0v) is 14.0. The second-order valence-electron chi connectivity index (χ2n) is 5.16. The maximum atomic E-state index is 12.0. The number of hydrogen-bond donors (Lipinski definition) is 1. The Morgan fingerprint density at radius 2 is 1.62 bits per heavy atom. The van der Waals surface area contributed by atoms with Gasteiger partial charge in [-0.25, -0.2) is 4.79 Å². The first-order valence-electron chi connectivity index (χ1n) is 7.30. The van der Waals surface area contributed by atoms with E-state index in [9.17, 15) is 13.2 Å². The van der Waals surface area contributed by atoms with Crippen LogP contribution in [0.15, 0.2) is 60.7 Å². The van der Waals surface area contributed by atoms with E-state index in [-0.39, 0.29) is 13.2 Å². The lowest BCUT2D eigenvalue weighted by Gasteiger charge is -2.18. The minimum absolute atomic E-state index is 0.126. The molecule has 0 unspecified atom stereocenters. The van der Waals surface area contributed by atoms with Gasteiger partial charge < -0.3 is 10.1 Å². The summed E-state index contributed by atoms with van der Waals surface area (Å²) in [5.41, 5.74) is 1.58. The monoisotopic (exact) mass is 349 g/mol. The van der Waals surface area contributed by atoms with Gasteiger partial charge in [-0.05, 0) is 11.1 Å². The summed E-state index contributed by atoms with van der Waals surface area (Å²) in [6.07, 6.45) is 0.313. The first-order valence-corrected chi connectivity index (χ1v) is 9.12. The lowest BCUT2D eigenvalue weighted by Crippen LogP contribution is -2.32. The van der Waals surface area contributed by atoms with E-state index in [0.29, 0.717) is 0 Å². The van der Waals surface area contributed by atoms with Crippen LogP contribution in [0.3, 0.4) is 0 Å². The van der Waals surface area contributed by atoms with Gasteiger partial charge in [0.2, 0.25) is 0 Å². The van der Waals surface area contributed by atoms with Crippen LogP contribution in [0, 0.1) is 0 Å². The molecule has 0 radical (unpaired) electrons. The zero-order chi connectivity index (χ0) is 17.4. The molecular formula is C17H19NO5S. The average Bonchev–Trinajstić information content (AvgIpc) is 2.57. The molecule has 1 amide bonds. The Hall–Kier alpha value is -2.38. The SMILES string of the molecule is CS(=O)(=O)OC[C@@H](NC(=O)OCc1ccccc1)c1ccccc1. The molecule has 128 valence electrons. The molecule has 0 aromatic heterocycles. The second kappa shape index (κ2) is 8.47. The third-order valence-electron chi connectivity index (χ3n) is 3.16. The van der Waals surface area contributed by atoms with Crippen molar-refractivity contribution in [3.63, 3.8) is 0 Å². The van der Waals surface area contributed by atoms with Crippen molar-refractivity contribution in [2.24, 2.45) is 0 Å². The highest BCUT2D eigenvalue weighted by molar-refractivity contribution is 7.85. The van der Waals surface area contributed by atoms with Crippen molar-refractivity contribution in [1.29, 1.82) is 0 Å². The van der Waals surface area contributed by atoms with Crippen LogP contribution < -0.4 is 5.32 Å². The van der Waals surface area contributed by atoms with E-state index in [4.69, 9.17) is 8.92 Å². The Bertz CT molecular complexity index is 747. The third-order valence-corrected chi connectivity index (χ3v) is 3.72. The number of hydrogen-bond acceptors (Lipinski definition) is 5. The zero-order valence-electron chi connectivity index (χ0n) is 13.2. The Labute approximate surface area is 141 Å². The van der Waals surface area contributed by atoms with E-state index < -0.39 is 22.3 Å². The molecule has 0 fully saturated rings. The van der Waals surface area contributed by atoms with Crippen LogP contribution in [-0.2, 0) is 25.6 Å². The molecule has 1 N–H and O–H groups in total. The highest BCUT2D eigenvalue weighted by Gasteiger charge is 2.18. The summed E-state index contributed by atoms with van der Waals surface area (Å²) in [6, 6.07) is 17.6. The van der Waals surface area contributed by atoms with Crippen molar-refractivity contribution >= 4 is 16.2 Å². The summed E-state index contributed by atoms with van der Waals surface area (Å²) < 4.78 is 32.4. The smallest absolute Gasteiger partial charge is 0.408 e. The van der Waals surface area contributed by atoms with Crippen molar-refractivity contribution in [2.45, 2.75) is 12.6 Å². The van der Waals surface area contributed by atoms with Gasteiger partial charge in [0.1, 0.15) is 6.61 Å². The van der Waals surface area contributed by atoms with Crippen molar-refractivity contribution in [1.82, 2.24) is 5.32 Å². The molecule has 2 aromatic carbocycles. The van der Waals surface area contributed by atoms with Crippen LogP contribution in [-0.4, -0.2) is 27.4 Å². The van der Waals surface area contributed by atoms with E-state index in [1.807, 2.05) is 36.4 Å². The Morgan fingerprint density at radius 1 is 1.04 bits per heavy atom. The molecule has 0 aliphatic carbocycles. The third kappa shape index (κ3) is 6.39. The molecule has 0 aliphatic heterocycles. The fourth-order valence-electron chi connectivity index (χ4n) is 2.01. The molecule has 0 aliphatic rings. The minimum Gasteiger partial charge on any atom is -0.445 e. The van der Waals surface area contributed by atoms with Gasteiger partial charge in [0.05, 0.1) is 18.9 Å². The number of nitrogens with one attached hydrogen (secondary N) is 1. The molecule has 24 heavy (non-hydrogen) atoms. The number of rotatable bonds is 7. The molecule has 0 saturated heterocycles. The Morgan fingerprint density at radius 3 is 2.21 bits per heavy atom. The number of ether oxygens (including phenoxy) is 1. The standard InChI is InChI=1S/C17H19NO5S/c1-24(20,21)23-13-16(15-10-6-3-7-11-15)18-17(19)22-12-14-8-4-2-5-9-14/h2-11,16H,12-13H2,1H3,(H,18,19)/t16-/m1/s1. The summed E-state index contributed by atoms with van der Waals surface area (Å²) >= 11 is 0. The van der Waals surface area contributed by atoms with Crippen LogP contribution in [0.4, 0.5) is 4.79 Å². The topological polar surface area (TPSA) is 81.7 Å². The maximum absolute atomic E-state index is 12.0. The summed E-state index contributed by atoms with van der Waals surface area (Å²) in [5.74, 6) is 0. The normalized spacial score (nSPS) is 12.4. The van der Waals surface area contributed by atoms with Crippen LogP contribution in [0.5, 0.6) is 0 Å². The molecule has 0 heterocycles. The quantitative estimate of drug-likeness (QED) is 0.777. The minimum atomic E-state index is -3.61. The molecule has 0 bridgehead atoms. The van der Waals surface area contributed by atoms with Gasteiger partial charge in [0.15, 0.2) is 0 Å². The fourth-order valence-corrected chi connectivity index (χ4v) is 2.39. The molecule has 0 spiro atoms. The maximum Gasteiger partial charge on any atom is 0.408 e. The lowest BCUT2D eigenvalue weighted by atomic mass is 10.1. The van der Waals surface area contributed by atoms with Gasteiger partial charge in [-0.3, -0.25) is 4.18 Å². The van der Waals surface area contributed by atoms with Crippen molar-refractivity contribution < 1.29 is 22.1 Å². The second-order valence-corrected chi connectivity index (χ2v) is 6.80. The van der Waals surface area contributed by atoms with Gasteiger partial charge in [-0.15, -0.1) is 0 Å². The van der Waals surface area contributed by atoms with Gasteiger partial charge in [0.25, 0.3) is 10.1 Å². The average molecular weight is 349 g/mol. The van der Waals surface area contributed by atoms with Crippen molar-refractivity contribution in [3.8, 4) is 0 Å². The molecule has 7 heteroatoms. The number of alkyl carbamates (subject to hydrolysis) is 1. The van der Waals surface area contributed by atoms with Crippen molar-refractivity contribution in [3.05, 3.63) is 71.8 Å². The number of carbonyl (C=O) groups is 1. The fraction of sp³-hybridized carbons (Fsp3) is 0.235. The van der Waals surface area contributed by atoms with E-state index in [2.05, 4.69) is 5.32 Å². The Balaban J connectivity index is 1.97. The van der Waals surface area contributed by atoms with Crippen LogP contribution in [0.25, 0.3) is 0 Å². The first-order chi connectivity index (χ1) is 11.4. The van der Waals surface area contributed by atoms with E-state index in [1.54, 1.807) is 24.3 Å². The highest BCUT2D eigenvalue weighted by Crippen LogP contribution is 2.14. The predicted molar refractivity (Wildman–Crippen MR) is 89.7 cm³/mol. The van der Waals surface area contributed by atoms with Crippen LogP contribution in [0.1, 0.15) is 17.2 Å². The molecule has 6 nitrogen and oxygen atoms in total. The lowest BCUT2D eigenvalue weighted by molar-refractivity contribution is 0.131. The van der Waals surface area contributed by atoms with E-state index in [0.717, 1.165) is 17.4 Å². The van der Waals surface area contributed by atoms with Crippen LogP contribution >= 0.6 is 0 Å². The predicted octanol–water partition coefficient (Wildman–Crippen LogP) is 2.63. The van der Waals surface area contributed by atoms with Gasteiger partial charge in [-0.1, -0.05) is 60.7 Å². The largest absolute Gasteiger partial charge is 0.445 e. The molecule has 1 atom stereocenters. The highest BCUT2D eigenvalue weighted by atomic mass is 32.2. The van der Waals surface area contributed by atoms with Gasteiger partial charge in [0, 0.05) is 0 Å². The summed E-state index contributed by atoms with van der Waals surface area (Å²) in [7, 11) is -3.61. The first kappa shape index (κ1) is 18.0. The Kier molecular flexibility index (Phi) is 6.34. The molecule has 2 aromatic rings. The number of benzene rings is 2. The van der Waals surface area contributed by atoms with E-state index in [1.165, 1.54) is 0 Å². The van der Waals surface area contributed by atoms with Gasteiger partial charge >= 0.3 is 6.09 Å². The summed E-state index contributed by atoms with van der Waals surface area (Å²) in [4.78, 5) is 12.0.